The maximum atomic E-state index is 11.8. The van der Waals surface area contributed by atoms with E-state index in [4.69, 9.17) is 9.47 Å². The molecule has 92 valence electrons. The molecule has 0 aromatic heterocycles. The Morgan fingerprint density at radius 1 is 1.27 bits per heavy atom. The number of hydrogen-bond donors (Lipinski definition) is 1. The van der Waals surface area contributed by atoms with Crippen molar-refractivity contribution in [3.8, 4) is 0 Å². The normalized spacial score (nSPS) is 14.2. The Morgan fingerprint density at radius 3 is 2.40 bits per heavy atom. The summed E-state index contributed by atoms with van der Waals surface area (Å²) in [5, 5.41) is 2.89. The maximum Gasteiger partial charge on any atom is 0.389 e. The summed E-state index contributed by atoms with van der Waals surface area (Å²) in [5.41, 5.74) is 0. The maximum absolute atomic E-state index is 11.8. The molecular formula is C9H18F3NO2. The minimum absolute atomic E-state index is 0.0902. The van der Waals surface area contributed by atoms with E-state index in [0.717, 1.165) is 0 Å². The fraction of sp³-hybridized carbons (Fsp3) is 1.00. The van der Waals surface area contributed by atoms with E-state index in [9.17, 15) is 13.2 Å². The fourth-order valence-corrected chi connectivity index (χ4v) is 1.07. The van der Waals surface area contributed by atoms with E-state index in [0.29, 0.717) is 19.7 Å². The van der Waals surface area contributed by atoms with Crippen molar-refractivity contribution in [2.75, 3.05) is 33.9 Å². The first kappa shape index (κ1) is 14.7. The Balaban J connectivity index is 3.36. The topological polar surface area (TPSA) is 30.5 Å². The van der Waals surface area contributed by atoms with E-state index >= 15 is 0 Å². The quantitative estimate of drug-likeness (QED) is 0.641. The Labute approximate surface area is 87.9 Å². The van der Waals surface area contributed by atoms with E-state index in [1.165, 1.54) is 0 Å². The van der Waals surface area contributed by atoms with Gasteiger partial charge in [-0.3, -0.25) is 0 Å². The molecule has 0 rings (SSSR count). The number of methoxy groups -OCH3 is 2. The van der Waals surface area contributed by atoms with Crippen LogP contribution in [0.4, 0.5) is 13.2 Å². The van der Waals surface area contributed by atoms with Crippen LogP contribution >= 0.6 is 0 Å². The molecule has 0 aromatic rings. The van der Waals surface area contributed by atoms with Crippen LogP contribution in [0.2, 0.25) is 0 Å². The highest BCUT2D eigenvalue weighted by atomic mass is 19.4. The first-order chi connectivity index (χ1) is 6.99. The van der Waals surface area contributed by atoms with E-state index < -0.39 is 12.6 Å². The number of halogens is 3. The molecular weight excluding hydrogens is 211 g/mol. The number of alkyl halides is 3. The second kappa shape index (κ2) is 7.90. The summed E-state index contributed by atoms with van der Waals surface area (Å²) in [6.45, 7) is 1.27. The van der Waals surface area contributed by atoms with Gasteiger partial charge in [0.15, 0.2) is 0 Å². The van der Waals surface area contributed by atoms with Gasteiger partial charge in [-0.05, 0) is 13.0 Å². The smallest absolute Gasteiger partial charge is 0.382 e. The zero-order valence-corrected chi connectivity index (χ0v) is 9.06. The summed E-state index contributed by atoms with van der Waals surface area (Å²) in [6, 6.07) is 0. The van der Waals surface area contributed by atoms with Crippen LogP contribution in [0.15, 0.2) is 0 Å². The zero-order chi connectivity index (χ0) is 11.7. The third kappa shape index (κ3) is 9.96. The number of hydrogen-bond acceptors (Lipinski definition) is 3. The van der Waals surface area contributed by atoms with Crippen molar-refractivity contribution in [3.63, 3.8) is 0 Å². The summed E-state index contributed by atoms with van der Waals surface area (Å²) in [4.78, 5) is 0. The summed E-state index contributed by atoms with van der Waals surface area (Å²) in [6.07, 6.45) is -4.83. The Kier molecular flexibility index (Phi) is 7.72. The molecule has 0 radical (unpaired) electrons. The van der Waals surface area contributed by atoms with Gasteiger partial charge in [0, 0.05) is 27.2 Å². The van der Waals surface area contributed by atoms with Gasteiger partial charge in [0.2, 0.25) is 0 Å². The molecule has 0 saturated heterocycles. The average Bonchev–Trinajstić information content (AvgIpc) is 2.14. The van der Waals surface area contributed by atoms with Crippen molar-refractivity contribution in [3.05, 3.63) is 0 Å². The predicted octanol–water partition coefficient (Wildman–Crippen LogP) is 1.58. The van der Waals surface area contributed by atoms with Crippen molar-refractivity contribution in [1.29, 1.82) is 0 Å². The first-order valence-electron chi connectivity index (χ1n) is 4.78. The fourth-order valence-electron chi connectivity index (χ4n) is 1.07. The molecule has 0 amide bonds. The van der Waals surface area contributed by atoms with Crippen molar-refractivity contribution in [1.82, 2.24) is 5.32 Å². The van der Waals surface area contributed by atoms with E-state index in [-0.39, 0.29) is 12.5 Å². The third-order valence-electron chi connectivity index (χ3n) is 1.87. The molecule has 0 heterocycles. The molecule has 15 heavy (non-hydrogen) atoms. The second-order valence-electron chi connectivity index (χ2n) is 3.24. The third-order valence-corrected chi connectivity index (χ3v) is 1.87. The van der Waals surface area contributed by atoms with Gasteiger partial charge in [-0.2, -0.15) is 13.2 Å². The lowest BCUT2D eigenvalue weighted by atomic mass is 10.3. The minimum atomic E-state index is -4.06. The van der Waals surface area contributed by atoms with Crippen LogP contribution in [0.3, 0.4) is 0 Å². The summed E-state index contributed by atoms with van der Waals surface area (Å²) < 4.78 is 45.2. The van der Waals surface area contributed by atoms with E-state index in [1.54, 1.807) is 14.2 Å². The number of ether oxygens (including phenoxy) is 2. The van der Waals surface area contributed by atoms with E-state index in [1.807, 2.05) is 0 Å². The van der Waals surface area contributed by atoms with Crippen LogP contribution in [-0.2, 0) is 9.47 Å². The zero-order valence-electron chi connectivity index (χ0n) is 9.06. The Hall–Kier alpha value is -0.330. The van der Waals surface area contributed by atoms with Gasteiger partial charge in [-0.25, -0.2) is 0 Å². The Bertz CT molecular complexity index is 153. The first-order valence-corrected chi connectivity index (χ1v) is 4.78. The van der Waals surface area contributed by atoms with Crippen LogP contribution in [0, 0.1) is 0 Å². The number of rotatable bonds is 8. The van der Waals surface area contributed by atoms with Gasteiger partial charge in [0.25, 0.3) is 0 Å². The van der Waals surface area contributed by atoms with Gasteiger partial charge in [0.1, 0.15) is 0 Å². The van der Waals surface area contributed by atoms with Crippen LogP contribution < -0.4 is 5.32 Å². The molecule has 0 aliphatic rings. The monoisotopic (exact) mass is 229 g/mol. The highest BCUT2D eigenvalue weighted by Crippen LogP contribution is 2.20. The lowest BCUT2D eigenvalue weighted by Gasteiger charge is -2.15. The van der Waals surface area contributed by atoms with Gasteiger partial charge < -0.3 is 14.8 Å². The SMILES string of the molecule is COCC(CNCCCC(F)(F)F)OC. The second-order valence-corrected chi connectivity index (χ2v) is 3.24. The lowest BCUT2D eigenvalue weighted by molar-refractivity contribution is -0.135. The molecule has 0 aliphatic heterocycles. The highest BCUT2D eigenvalue weighted by Gasteiger charge is 2.25. The molecule has 1 N–H and O–H groups in total. The van der Waals surface area contributed by atoms with Crippen molar-refractivity contribution in [2.45, 2.75) is 25.1 Å². The molecule has 0 aromatic carbocycles. The molecule has 0 fully saturated rings. The molecule has 1 unspecified atom stereocenters. The Morgan fingerprint density at radius 2 is 1.93 bits per heavy atom. The summed E-state index contributed by atoms with van der Waals surface area (Å²) >= 11 is 0. The molecule has 0 saturated carbocycles. The van der Waals surface area contributed by atoms with Crippen molar-refractivity contribution >= 4 is 0 Å². The minimum Gasteiger partial charge on any atom is -0.382 e. The van der Waals surface area contributed by atoms with Crippen molar-refractivity contribution in [2.24, 2.45) is 0 Å². The highest BCUT2D eigenvalue weighted by molar-refractivity contribution is 4.61. The summed E-state index contributed by atoms with van der Waals surface area (Å²) in [5.74, 6) is 0. The molecule has 0 aliphatic carbocycles. The number of nitrogens with one attached hydrogen (secondary N) is 1. The van der Waals surface area contributed by atoms with Crippen molar-refractivity contribution < 1.29 is 22.6 Å². The van der Waals surface area contributed by atoms with Gasteiger partial charge in [-0.15, -0.1) is 0 Å². The lowest BCUT2D eigenvalue weighted by Crippen LogP contribution is -2.32. The van der Waals surface area contributed by atoms with Crippen LogP contribution in [0.1, 0.15) is 12.8 Å². The van der Waals surface area contributed by atoms with Crippen LogP contribution in [-0.4, -0.2) is 46.2 Å². The van der Waals surface area contributed by atoms with E-state index in [2.05, 4.69) is 5.32 Å². The molecule has 1 atom stereocenters. The molecule has 6 heteroatoms. The van der Waals surface area contributed by atoms with Crippen LogP contribution in [0.5, 0.6) is 0 Å². The summed E-state index contributed by atoms with van der Waals surface area (Å²) in [7, 11) is 3.09. The molecule has 0 bridgehead atoms. The van der Waals surface area contributed by atoms with Crippen LogP contribution in [0.25, 0.3) is 0 Å². The average molecular weight is 229 g/mol. The standard InChI is InChI=1S/C9H18F3NO2/c1-14-7-8(15-2)6-13-5-3-4-9(10,11)12/h8,13H,3-7H2,1-2H3. The van der Waals surface area contributed by atoms with Gasteiger partial charge in [-0.1, -0.05) is 0 Å². The van der Waals surface area contributed by atoms with Gasteiger partial charge >= 0.3 is 6.18 Å². The largest absolute Gasteiger partial charge is 0.389 e. The molecule has 3 nitrogen and oxygen atoms in total. The molecule has 0 spiro atoms. The van der Waals surface area contributed by atoms with Gasteiger partial charge in [0.05, 0.1) is 12.7 Å². The predicted molar refractivity (Wildman–Crippen MR) is 50.8 cm³/mol.